The minimum absolute atomic E-state index is 0.0946. The number of carbonyl (C=O) groups is 1. The van der Waals surface area contributed by atoms with Crippen LogP contribution < -0.4 is 4.90 Å². The molecule has 0 spiro atoms. The zero-order chi connectivity index (χ0) is 23.3. The summed E-state index contributed by atoms with van der Waals surface area (Å²) in [4.78, 5) is 24.4. The molecule has 3 aromatic carbocycles. The molecule has 2 aromatic heterocycles. The second-order valence-electron chi connectivity index (χ2n) is 7.96. The summed E-state index contributed by atoms with van der Waals surface area (Å²) < 4.78 is 15.1. The zero-order valence-corrected chi connectivity index (χ0v) is 19.2. The molecule has 4 nitrogen and oxygen atoms in total. The number of fused-ring (bicyclic) bond motifs is 1. The number of amides is 1. The predicted octanol–water partition coefficient (Wildman–Crippen LogP) is 6.59. The fraction of sp³-hybridized carbons (Fsp3) is 0.107. The third-order valence-electron chi connectivity index (χ3n) is 5.72. The fourth-order valence-corrected chi connectivity index (χ4v) is 5.02. The van der Waals surface area contributed by atoms with E-state index in [0.29, 0.717) is 9.83 Å². The van der Waals surface area contributed by atoms with Crippen LogP contribution >= 0.6 is 11.3 Å². The molecule has 6 heteroatoms. The van der Waals surface area contributed by atoms with Gasteiger partial charge >= 0.3 is 0 Å². The highest BCUT2D eigenvalue weighted by Crippen LogP contribution is 2.34. The van der Waals surface area contributed by atoms with Crippen molar-refractivity contribution in [1.29, 1.82) is 0 Å². The maximum absolute atomic E-state index is 14.4. The normalized spacial score (nSPS) is 11.1. The van der Waals surface area contributed by atoms with Gasteiger partial charge in [0.25, 0.3) is 0 Å². The molecule has 168 valence electrons. The highest BCUT2D eigenvalue weighted by atomic mass is 32.1. The average Bonchev–Trinajstić information content (AvgIpc) is 3.33. The number of halogens is 1. The first-order valence-corrected chi connectivity index (χ1v) is 11.9. The lowest BCUT2D eigenvalue weighted by Crippen LogP contribution is -2.32. The van der Waals surface area contributed by atoms with E-state index in [1.807, 2.05) is 84.9 Å². The van der Waals surface area contributed by atoms with Gasteiger partial charge in [0, 0.05) is 18.5 Å². The Bertz CT molecular complexity index is 1350. The molecule has 0 aliphatic carbocycles. The second-order valence-corrected chi connectivity index (χ2v) is 8.97. The molecule has 5 aromatic rings. The Morgan fingerprint density at radius 1 is 0.853 bits per heavy atom. The first kappa shape index (κ1) is 21.9. The van der Waals surface area contributed by atoms with Gasteiger partial charge in [0.05, 0.1) is 16.9 Å². The van der Waals surface area contributed by atoms with Gasteiger partial charge < -0.3 is 0 Å². The summed E-state index contributed by atoms with van der Waals surface area (Å²) in [7, 11) is 0. The molecule has 34 heavy (non-hydrogen) atoms. The topological polar surface area (TPSA) is 46.1 Å². The van der Waals surface area contributed by atoms with Gasteiger partial charge in [-0.2, -0.15) is 0 Å². The van der Waals surface area contributed by atoms with E-state index in [0.717, 1.165) is 16.8 Å². The Morgan fingerprint density at radius 2 is 1.53 bits per heavy atom. The van der Waals surface area contributed by atoms with Gasteiger partial charge in [0.1, 0.15) is 11.3 Å². The number of carbonyl (C=O) groups excluding carboxylic acids is 1. The van der Waals surface area contributed by atoms with E-state index in [9.17, 15) is 9.18 Å². The van der Waals surface area contributed by atoms with E-state index < -0.39 is 5.82 Å². The molecule has 0 saturated heterocycles. The van der Waals surface area contributed by atoms with Crippen molar-refractivity contribution in [3.05, 3.63) is 126 Å². The van der Waals surface area contributed by atoms with Crippen LogP contribution in [0.4, 0.5) is 9.52 Å². The average molecular weight is 468 g/mol. The van der Waals surface area contributed by atoms with Crippen molar-refractivity contribution < 1.29 is 9.18 Å². The molecule has 5 rings (SSSR count). The molecule has 0 aliphatic heterocycles. The Kier molecular flexibility index (Phi) is 6.40. The third-order valence-corrected chi connectivity index (χ3v) is 6.76. The van der Waals surface area contributed by atoms with Crippen LogP contribution in [0.2, 0.25) is 0 Å². The molecular formula is C28H22FN3OS. The van der Waals surface area contributed by atoms with Gasteiger partial charge in [0.15, 0.2) is 5.13 Å². The van der Waals surface area contributed by atoms with Gasteiger partial charge in [-0.1, -0.05) is 84.1 Å². The van der Waals surface area contributed by atoms with Crippen molar-refractivity contribution in [2.75, 3.05) is 4.90 Å². The summed E-state index contributed by atoms with van der Waals surface area (Å²) in [5, 5.41) is 0.468. The van der Waals surface area contributed by atoms with Crippen molar-refractivity contribution in [3.63, 3.8) is 0 Å². The molecule has 0 atom stereocenters. The van der Waals surface area contributed by atoms with Crippen LogP contribution in [0.25, 0.3) is 10.2 Å². The summed E-state index contributed by atoms with van der Waals surface area (Å²) in [6.45, 7) is 0.261. The van der Waals surface area contributed by atoms with E-state index >= 15 is 0 Å². The van der Waals surface area contributed by atoms with Gasteiger partial charge in [-0.05, 0) is 35.4 Å². The number of rotatable bonds is 7. The maximum Gasteiger partial charge on any atom is 0.230 e. The van der Waals surface area contributed by atoms with E-state index in [-0.39, 0.29) is 30.3 Å². The van der Waals surface area contributed by atoms with Crippen LogP contribution in [0.3, 0.4) is 0 Å². The molecule has 0 bridgehead atoms. The molecule has 2 heterocycles. The second kappa shape index (κ2) is 9.93. The molecule has 0 aliphatic rings. The van der Waals surface area contributed by atoms with Crippen LogP contribution in [0.5, 0.6) is 0 Å². The Balaban J connectivity index is 1.53. The van der Waals surface area contributed by atoms with Gasteiger partial charge in [-0.25, -0.2) is 9.37 Å². The van der Waals surface area contributed by atoms with Gasteiger partial charge in [0.2, 0.25) is 5.91 Å². The summed E-state index contributed by atoms with van der Waals surface area (Å²) in [6.07, 6.45) is 1.95. The van der Waals surface area contributed by atoms with Crippen molar-refractivity contribution in [1.82, 2.24) is 9.97 Å². The van der Waals surface area contributed by atoms with E-state index in [1.165, 1.54) is 17.4 Å². The Labute approximate surface area is 201 Å². The third kappa shape index (κ3) is 4.72. The fourth-order valence-electron chi connectivity index (χ4n) is 4.02. The standard InChI is InChI=1S/C28H22FN3OS/c29-24-15-9-16-25-27(24)31-28(34-25)32(19-22-14-7-8-17-30-22)26(33)18-23(20-10-3-1-4-11-20)21-12-5-2-6-13-21/h1-17,23H,18-19H2. The lowest BCUT2D eigenvalue weighted by Gasteiger charge is -2.24. The molecule has 0 saturated carbocycles. The lowest BCUT2D eigenvalue weighted by atomic mass is 9.88. The number of hydrogen-bond acceptors (Lipinski definition) is 4. The number of nitrogens with zero attached hydrogens (tertiary/aromatic N) is 3. The monoisotopic (exact) mass is 467 g/mol. The SMILES string of the molecule is O=C(CC(c1ccccc1)c1ccccc1)N(Cc1ccccn1)c1nc2c(F)cccc2s1. The minimum Gasteiger partial charge on any atom is -0.282 e. The number of thiazole rings is 1. The summed E-state index contributed by atoms with van der Waals surface area (Å²) >= 11 is 1.31. The summed E-state index contributed by atoms with van der Waals surface area (Å²) in [5.41, 5.74) is 3.15. The molecular weight excluding hydrogens is 445 g/mol. The van der Waals surface area contributed by atoms with Crippen molar-refractivity contribution in [3.8, 4) is 0 Å². The van der Waals surface area contributed by atoms with Crippen LogP contribution in [-0.4, -0.2) is 15.9 Å². The number of benzene rings is 3. The van der Waals surface area contributed by atoms with Crippen LogP contribution in [0, 0.1) is 5.82 Å². The van der Waals surface area contributed by atoms with E-state index in [2.05, 4.69) is 9.97 Å². The number of pyridine rings is 1. The van der Waals surface area contributed by atoms with Gasteiger partial charge in [-0.3, -0.25) is 14.7 Å². The highest BCUT2D eigenvalue weighted by Gasteiger charge is 2.26. The first-order valence-electron chi connectivity index (χ1n) is 11.0. The quantitative estimate of drug-likeness (QED) is 0.271. The van der Waals surface area contributed by atoms with Crippen molar-refractivity contribution >= 4 is 32.6 Å². The molecule has 0 fully saturated rings. The van der Waals surface area contributed by atoms with Gasteiger partial charge in [-0.15, -0.1) is 0 Å². The number of aromatic nitrogens is 2. The van der Waals surface area contributed by atoms with Crippen molar-refractivity contribution in [2.45, 2.75) is 18.9 Å². The Hall–Kier alpha value is -3.90. The predicted molar refractivity (Wildman–Crippen MR) is 134 cm³/mol. The number of para-hydroxylation sites is 1. The highest BCUT2D eigenvalue weighted by molar-refractivity contribution is 7.22. The number of hydrogen-bond donors (Lipinski definition) is 0. The zero-order valence-electron chi connectivity index (χ0n) is 18.3. The smallest absolute Gasteiger partial charge is 0.230 e. The largest absolute Gasteiger partial charge is 0.282 e. The van der Waals surface area contributed by atoms with Crippen LogP contribution in [-0.2, 0) is 11.3 Å². The minimum atomic E-state index is -0.392. The first-order chi connectivity index (χ1) is 16.7. The molecule has 0 N–H and O–H groups in total. The summed E-state index contributed by atoms with van der Waals surface area (Å²) in [6, 6.07) is 30.5. The molecule has 0 unspecified atom stereocenters. The Morgan fingerprint density at radius 3 is 2.15 bits per heavy atom. The van der Waals surface area contributed by atoms with Crippen LogP contribution in [0.15, 0.2) is 103 Å². The molecule has 1 amide bonds. The van der Waals surface area contributed by atoms with Crippen LogP contribution in [0.1, 0.15) is 29.2 Å². The lowest BCUT2D eigenvalue weighted by molar-refractivity contribution is -0.119. The number of anilines is 1. The summed E-state index contributed by atoms with van der Waals surface area (Å²) in [5.74, 6) is -0.605. The molecule has 0 radical (unpaired) electrons. The van der Waals surface area contributed by atoms with E-state index in [4.69, 9.17) is 0 Å². The maximum atomic E-state index is 14.4. The van der Waals surface area contributed by atoms with E-state index in [1.54, 1.807) is 17.2 Å². The van der Waals surface area contributed by atoms with Crippen molar-refractivity contribution in [2.24, 2.45) is 0 Å².